The standard InChI is InChI=1S/C26H37N3O4S2/c1-6-19(13-20(7-2)16-33-35(30,31)32)9-10-28-22-15-26-24(12-18(22)5)29-23-11-17(4)21(27-8-3)14-25(23)34-26/h11-12,14-15,19-20,27H,6-10,13,16H2,1-5H3,(H,30,31,32). The van der Waals surface area contributed by atoms with E-state index in [1.54, 1.807) is 11.3 Å². The van der Waals surface area contributed by atoms with Crippen LogP contribution in [0.2, 0.25) is 0 Å². The van der Waals surface area contributed by atoms with Crippen molar-refractivity contribution < 1.29 is 17.2 Å². The molecule has 9 heteroatoms. The molecule has 0 spiro atoms. The summed E-state index contributed by atoms with van der Waals surface area (Å²) in [5.41, 5.74) is 5.46. The number of hydrogen-bond acceptors (Lipinski definition) is 7. The fraction of sp³-hybridized carbons (Fsp3) is 0.538. The highest BCUT2D eigenvalue weighted by atomic mass is 32.3. The molecule has 2 aliphatic rings. The van der Waals surface area contributed by atoms with E-state index in [-0.39, 0.29) is 12.5 Å². The van der Waals surface area contributed by atoms with Gasteiger partial charge in [0.2, 0.25) is 0 Å². The summed E-state index contributed by atoms with van der Waals surface area (Å²) in [5.74, 6) is 0.497. The zero-order valence-corrected chi connectivity index (χ0v) is 22.9. The van der Waals surface area contributed by atoms with Crippen LogP contribution < -0.4 is 10.7 Å². The number of anilines is 1. The Morgan fingerprint density at radius 1 is 1.09 bits per heavy atom. The van der Waals surface area contributed by atoms with Crippen molar-refractivity contribution in [3.8, 4) is 10.6 Å². The van der Waals surface area contributed by atoms with Crippen LogP contribution >= 0.6 is 11.3 Å². The van der Waals surface area contributed by atoms with Crippen LogP contribution in [0, 0.1) is 25.7 Å². The third-order valence-corrected chi connectivity index (χ3v) is 8.03. The molecule has 2 unspecified atom stereocenters. The molecule has 1 aromatic carbocycles. The Morgan fingerprint density at radius 3 is 2.49 bits per heavy atom. The zero-order valence-electron chi connectivity index (χ0n) is 21.3. The second kappa shape index (κ2) is 12.3. The number of hydrogen-bond donors (Lipinski definition) is 2. The molecule has 3 rings (SSSR count). The number of benzene rings is 2. The van der Waals surface area contributed by atoms with Crippen LogP contribution in [0.25, 0.3) is 20.8 Å². The third kappa shape index (κ3) is 7.70. The average molecular weight is 520 g/mol. The lowest BCUT2D eigenvalue weighted by atomic mass is 9.89. The predicted molar refractivity (Wildman–Crippen MR) is 145 cm³/mol. The first kappa shape index (κ1) is 27.5. The highest BCUT2D eigenvalue weighted by Gasteiger charge is 2.17. The number of fused-ring (bicyclic) bond motifs is 2. The van der Waals surface area contributed by atoms with E-state index in [0.29, 0.717) is 12.5 Å². The Hall–Kier alpha value is -2.07. The summed E-state index contributed by atoms with van der Waals surface area (Å²) in [6, 6.07) is 8.59. The Bertz CT molecular complexity index is 1290. The van der Waals surface area contributed by atoms with Gasteiger partial charge in [-0.1, -0.05) is 26.7 Å². The van der Waals surface area contributed by atoms with Crippen molar-refractivity contribution in [2.45, 2.75) is 60.3 Å². The molecule has 192 valence electrons. The minimum absolute atomic E-state index is 0.0180. The SMILES string of the molecule is CCNc1cc2sc3cc(=NCCC(CC)CC(CC)COS(=O)(=O)O)c(C)cc-3nc2cc1C. The van der Waals surface area contributed by atoms with Crippen LogP contribution in [0.15, 0.2) is 29.3 Å². The number of rotatable bonds is 12. The maximum Gasteiger partial charge on any atom is 0.397 e. The fourth-order valence-electron chi connectivity index (χ4n) is 4.34. The van der Waals surface area contributed by atoms with Gasteiger partial charge in [-0.15, -0.1) is 11.3 Å². The van der Waals surface area contributed by atoms with Crippen molar-refractivity contribution in [3.05, 3.63) is 40.7 Å². The highest BCUT2D eigenvalue weighted by molar-refractivity contribution is 7.80. The number of aryl methyl sites for hydroxylation is 2. The predicted octanol–water partition coefficient (Wildman–Crippen LogP) is 6.00. The molecule has 7 nitrogen and oxygen atoms in total. The van der Waals surface area contributed by atoms with Gasteiger partial charge in [-0.2, -0.15) is 8.42 Å². The maximum absolute atomic E-state index is 10.9. The van der Waals surface area contributed by atoms with Crippen LogP contribution in [0.4, 0.5) is 5.69 Å². The second-order valence-corrected chi connectivity index (χ2v) is 11.3. The van der Waals surface area contributed by atoms with Crippen LogP contribution in [0.1, 0.15) is 57.6 Å². The highest BCUT2D eigenvalue weighted by Crippen LogP contribution is 2.33. The molecule has 0 aromatic heterocycles. The Morgan fingerprint density at radius 2 is 1.83 bits per heavy atom. The molecule has 0 amide bonds. The van der Waals surface area contributed by atoms with Crippen molar-refractivity contribution in [2.75, 3.05) is 25.0 Å². The Kier molecular flexibility index (Phi) is 9.63. The van der Waals surface area contributed by atoms with Crippen molar-refractivity contribution in [1.82, 2.24) is 4.98 Å². The normalized spacial score (nSPS) is 14.5. The molecule has 35 heavy (non-hydrogen) atoms. The molecule has 0 radical (unpaired) electrons. The molecular weight excluding hydrogens is 482 g/mol. The van der Waals surface area contributed by atoms with Crippen molar-refractivity contribution in [3.63, 3.8) is 0 Å². The Labute approximate surface area is 213 Å². The topological polar surface area (TPSA) is 101 Å². The number of aromatic nitrogens is 1. The van der Waals surface area contributed by atoms with Crippen LogP contribution in [-0.2, 0) is 14.6 Å². The number of nitrogens with zero attached hydrogens (tertiary/aromatic N) is 2. The second-order valence-electron chi connectivity index (χ2n) is 9.15. The molecule has 2 atom stereocenters. The van der Waals surface area contributed by atoms with Gasteiger partial charge < -0.3 is 5.32 Å². The molecule has 1 heterocycles. The minimum Gasteiger partial charge on any atom is -0.385 e. The average Bonchev–Trinajstić information content (AvgIpc) is 2.80. The third-order valence-electron chi connectivity index (χ3n) is 6.51. The summed E-state index contributed by atoms with van der Waals surface area (Å²) < 4.78 is 36.4. The van der Waals surface area contributed by atoms with E-state index >= 15 is 0 Å². The smallest absolute Gasteiger partial charge is 0.385 e. The maximum atomic E-state index is 10.9. The summed E-state index contributed by atoms with van der Waals surface area (Å²) >= 11 is 1.74. The van der Waals surface area contributed by atoms with Gasteiger partial charge in [0.1, 0.15) is 0 Å². The van der Waals surface area contributed by atoms with E-state index in [4.69, 9.17) is 14.5 Å². The van der Waals surface area contributed by atoms with Gasteiger partial charge in [0.25, 0.3) is 0 Å². The van der Waals surface area contributed by atoms with E-state index in [1.165, 1.54) is 5.56 Å². The van der Waals surface area contributed by atoms with Crippen molar-refractivity contribution >= 4 is 37.6 Å². The van der Waals surface area contributed by atoms with E-state index in [1.807, 2.05) is 6.92 Å². The summed E-state index contributed by atoms with van der Waals surface area (Å²) in [6.07, 6.45) is 3.55. The molecule has 1 aliphatic heterocycles. The largest absolute Gasteiger partial charge is 0.397 e. The molecule has 0 fully saturated rings. The first-order valence-corrected chi connectivity index (χ1v) is 14.5. The van der Waals surface area contributed by atoms with Crippen LogP contribution in [0.3, 0.4) is 0 Å². The van der Waals surface area contributed by atoms with Crippen LogP contribution in [-0.4, -0.2) is 37.7 Å². The van der Waals surface area contributed by atoms with E-state index in [9.17, 15) is 8.42 Å². The lowest BCUT2D eigenvalue weighted by Crippen LogP contribution is -2.17. The molecule has 0 bridgehead atoms. The lowest BCUT2D eigenvalue weighted by Gasteiger charge is -2.20. The van der Waals surface area contributed by atoms with Gasteiger partial charge in [-0.3, -0.25) is 9.55 Å². The molecule has 2 N–H and O–H groups in total. The monoisotopic (exact) mass is 519 g/mol. The van der Waals surface area contributed by atoms with Gasteiger partial charge in [0, 0.05) is 18.8 Å². The molecule has 1 aliphatic carbocycles. The summed E-state index contributed by atoms with van der Waals surface area (Å²) in [6.45, 7) is 12.0. The van der Waals surface area contributed by atoms with Gasteiger partial charge in [-0.05, 0) is 80.8 Å². The first-order valence-electron chi connectivity index (χ1n) is 12.4. The van der Waals surface area contributed by atoms with Crippen molar-refractivity contribution in [2.24, 2.45) is 16.8 Å². The van der Waals surface area contributed by atoms with Gasteiger partial charge >= 0.3 is 10.4 Å². The lowest BCUT2D eigenvalue weighted by molar-refractivity contribution is 0.194. The van der Waals surface area contributed by atoms with Crippen molar-refractivity contribution in [1.29, 1.82) is 0 Å². The quantitative estimate of drug-likeness (QED) is 0.225. The number of nitrogens with one attached hydrogen (secondary N) is 1. The first-order chi connectivity index (χ1) is 16.6. The molecule has 0 saturated carbocycles. The summed E-state index contributed by atoms with van der Waals surface area (Å²) in [7, 11) is -4.40. The zero-order chi connectivity index (χ0) is 25.6. The summed E-state index contributed by atoms with van der Waals surface area (Å²) in [4.78, 5) is 10.9. The van der Waals surface area contributed by atoms with Gasteiger partial charge in [-0.25, -0.2) is 9.17 Å². The molecule has 0 saturated heterocycles. The molecule has 1 aromatic rings. The Balaban J connectivity index is 1.77. The summed E-state index contributed by atoms with van der Waals surface area (Å²) in [5, 5.41) is 4.41. The molecular formula is C26H37N3O4S2. The minimum atomic E-state index is -4.40. The van der Waals surface area contributed by atoms with Crippen LogP contribution in [0.5, 0.6) is 0 Å². The fourth-order valence-corrected chi connectivity index (χ4v) is 5.70. The van der Waals surface area contributed by atoms with Gasteiger partial charge in [0.15, 0.2) is 0 Å². The van der Waals surface area contributed by atoms with E-state index < -0.39 is 10.4 Å². The van der Waals surface area contributed by atoms with E-state index in [2.05, 4.69) is 61.5 Å². The van der Waals surface area contributed by atoms with E-state index in [0.717, 1.165) is 69.6 Å². The van der Waals surface area contributed by atoms with Gasteiger partial charge in [0.05, 0.1) is 32.8 Å².